The molecular weight excluding hydrogens is 274 g/mol. The van der Waals surface area contributed by atoms with Gasteiger partial charge >= 0.3 is 5.97 Å². The minimum Gasteiger partial charge on any atom is -0.469 e. The predicted octanol–water partition coefficient (Wildman–Crippen LogP) is 2.32. The number of methoxy groups -OCH3 is 1. The Morgan fingerprint density at radius 2 is 2.15 bits per heavy atom. The van der Waals surface area contributed by atoms with Gasteiger partial charge < -0.3 is 9.64 Å². The summed E-state index contributed by atoms with van der Waals surface area (Å²) in [6.07, 6.45) is 5.04. The number of esters is 1. The van der Waals surface area contributed by atoms with Crippen LogP contribution in [-0.2, 0) is 14.3 Å². The van der Waals surface area contributed by atoms with Gasteiger partial charge in [0, 0.05) is 13.1 Å². The molecule has 0 bridgehead atoms. The Kier molecular flexibility index (Phi) is 5.35. The van der Waals surface area contributed by atoms with Gasteiger partial charge in [0.15, 0.2) is 0 Å². The Balaban J connectivity index is 1.68. The Hall–Kier alpha value is -0.710. The first kappa shape index (κ1) is 15.7. The number of carbonyl (C=O) groups is 2. The Morgan fingerprint density at radius 3 is 2.75 bits per heavy atom. The van der Waals surface area contributed by atoms with Gasteiger partial charge in [-0.2, -0.15) is 11.8 Å². The number of amides is 1. The average molecular weight is 299 g/mol. The van der Waals surface area contributed by atoms with Crippen LogP contribution < -0.4 is 0 Å². The molecule has 1 aliphatic heterocycles. The van der Waals surface area contributed by atoms with Crippen LogP contribution in [0.4, 0.5) is 0 Å². The summed E-state index contributed by atoms with van der Waals surface area (Å²) in [5.74, 6) is 2.22. The fourth-order valence-corrected chi connectivity index (χ4v) is 4.07. The van der Waals surface area contributed by atoms with Crippen molar-refractivity contribution >= 4 is 23.6 Å². The third kappa shape index (κ3) is 4.40. The maximum absolute atomic E-state index is 12.1. The molecule has 0 aromatic heterocycles. The first-order chi connectivity index (χ1) is 9.54. The molecule has 2 aliphatic rings. The zero-order valence-corrected chi connectivity index (χ0v) is 13.3. The molecule has 4 nitrogen and oxygen atoms in total. The first-order valence-corrected chi connectivity index (χ1v) is 8.62. The number of ether oxygens (including phenoxy) is 1. The third-order valence-electron chi connectivity index (χ3n) is 4.35. The highest BCUT2D eigenvalue weighted by molar-refractivity contribution is 7.99. The molecule has 1 heterocycles. The Morgan fingerprint density at radius 1 is 1.40 bits per heavy atom. The second kappa shape index (κ2) is 6.83. The highest BCUT2D eigenvalue weighted by atomic mass is 32.2. The molecule has 0 spiro atoms. The van der Waals surface area contributed by atoms with Gasteiger partial charge in [-0.15, -0.1) is 0 Å². The van der Waals surface area contributed by atoms with Crippen molar-refractivity contribution in [2.75, 3.05) is 31.7 Å². The van der Waals surface area contributed by atoms with Crippen LogP contribution in [0.15, 0.2) is 0 Å². The topological polar surface area (TPSA) is 46.6 Å². The summed E-state index contributed by atoms with van der Waals surface area (Å²) >= 11 is 1.68. The van der Waals surface area contributed by atoms with Crippen LogP contribution in [-0.4, -0.2) is 48.5 Å². The van der Waals surface area contributed by atoms with E-state index in [0.717, 1.165) is 38.1 Å². The molecule has 1 amide bonds. The largest absolute Gasteiger partial charge is 0.469 e. The summed E-state index contributed by atoms with van der Waals surface area (Å²) in [7, 11) is 1.44. The molecule has 0 radical (unpaired) electrons. The number of hydrogen-bond donors (Lipinski definition) is 0. The van der Waals surface area contributed by atoms with E-state index < -0.39 is 0 Å². The molecule has 0 aromatic rings. The SMILES string of the molecule is COC(=O)CC1(CSCC(=O)N2CCCC(C)C2)CC1. The van der Waals surface area contributed by atoms with Crippen LogP contribution in [0.1, 0.15) is 39.0 Å². The zero-order valence-electron chi connectivity index (χ0n) is 12.5. The van der Waals surface area contributed by atoms with Crippen molar-refractivity contribution in [3.05, 3.63) is 0 Å². The van der Waals surface area contributed by atoms with Crippen LogP contribution in [0.5, 0.6) is 0 Å². The number of hydrogen-bond acceptors (Lipinski definition) is 4. The Bertz CT molecular complexity index is 368. The van der Waals surface area contributed by atoms with E-state index >= 15 is 0 Å². The molecule has 1 atom stereocenters. The van der Waals surface area contributed by atoms with Gasteiger partial charge in [-0.25, -0.2) is 0 Å². The zero-order chi connectivity index (χ0) is 14.6. The highest BCUT2D eigenvalue weighted by Gasteiger charge is 2.44. The molecule has 1 saturated heterocycles. The first-order valence-electron chi connectivity index (χ1n) is 7.47. The second-order valence-electron chi connectivity index (χ2n) is 6.33. The van der Waals surface area contributed by atoms with Gasteiger partial charge in [0.05, 0.1) is 19.3 Å². The number of rotatable bonds is 6. The summed E-state index contributed by atoms with van der Waals surface area (Å²) < 4.78 is 4.74. The van der Waals surface area contributed by atoms with Crippen molar-refractivity contribution in [2.24, 2.45) is 11.3 Å². The monoisotopic (exact) mass is 299 g/mol. The summed E-state index contributed by atoms with van der Waals surface area (Å²) in [4.78, 5) is 25.5. The molecule has 1 aliphatic carbocycles. The van der Waals surface area contributed by atoms with Crippen molar-refractivity contribution < 1.29 is 14.3 Å². The van der Waals surface area contributed by atoms with E-state index in [1.807, 2.05) is 4.90 Å². The minimum absolute atomic E-state index is 0.118. The quantitative estimate of drug-likeness (QED) is 0.706. The molecule has 0 N–H and O–H groups in total. The Labute approximate surface area is 125 Å². The number of carbonyl (C=O) groups excluding carboxylic acids is 2. The van der Waals surface area contributed by atoms with Crippen molar-refractivity contribution in [2.45, 2.75) is 39.0 Å². The maximum Gasteiger partial charge on any atom is 0.306 e. The molecule has 0 aromatic carbocycles. The lowest BCUT2D eigenvalue weighted by molar-refractivity contribution is -0.141. The normalized spacial score (nSPS) is 24.3. The van der Waals surface area contributed by atoms with Crippen molar-refractivity contribution in [1.82, 2.24) is 4.90 Å². The summed E-state index contributed by atoms with van der Waals surface area (Å²) in [6.45, 7) is 4.03. The molecule has 2 fully saturated rings. The predicted molar refractivity (Wildman–Crippen MR) is 80.6 cm³/mol. The standard InChI is InChI=1S/C15H25NO3S/c1-12-4-3-7-16(9-12)13(17)10-20-11-15(5-6-15)8-14(18)19-2/h12H,3-11H2,1-2H3. The molecule has 20 heavy (non-hydrogen) atoms. The van der Waals surface area contributed by atoms with Gasteiger partial charge in [-0.1, -0.05) is 6.92 Å². The summed E-state index contributed by atoms with van der Waals surface area (Å²) in [5, 5.41) is 0. The van der Waals surface area contributed by atoms with Gasteiger partial charge in [0.1, 0.15) is 0 Å². The number of likely N-dealkylation sites (tertiary alicyclic amines) is 1. The fraction of sp³-hybridized carbons (Fsp3) is 0.867. The van der Waals surface area contributed by atoms with E-state index in [1.165, 1.54) is 13.5 Å². The van der Waals surface area contributed by atoms with E-state index in [0.29, 0.717) is 18.1 Å². The van der Waals surface area contributed by atoms with Gasteiger partial charge in [0.2, 0.25) is 5.91 Å². The van der Waals surface area contributed by atoms with E-state index in [9.17, 15) is 9.59 Å². The molecule has 1 saturated carbocycles. The van der Waals surface area contributed by atoms with Crippen molar-refractivity contribution in [1.29, 1.82) is 0 Å². The van der Waals surface area contributed by atoms with Crippen LogP contribution in [0.3, 0.4) is 0 Å². The van der Waals surface area contributed by atoms with Gasteiger partial charge in [-0.3, -0.25) is 9.59 Å². The number of piperidine rings is 1. The second-order valence-corrected chi connectivity index (χ2v) is 7.32. The lowest BCUT2D eigenvalue weighted by Gasteiger charge is -2.31. The van der Waals surface area contributed by atoms with E-state index in [1.54, 1.807) is 11.8 Å². The van der Waals surface area contributed by atoms with E-state index in [-0.39, 0.29) is 17.3 Å². The highest BCUT2D eigenvalue weighted by Crippen LogP contribution is 2.51. The van der Waals surface area contributed by atoms with E-state index in [4.69, 9.17) is 4.74 Å². The van der Waals surface area contributed by atoms with Crippen LogP contribution in [0.2, 0.25) is 0 Å². The van der Waals surface area contributed by atoms with Crippen LogP contribution in [0, 0.1) is 11.3 Å². The third-order valence-corrected chi connectivity index (χ3v) is 5.62. The molecule has 5 heteroatoms. The maximum atomic E-state index is 12.1. The lowest BCUT2D eigenvalue weighted by atomic mass is 10.0. The van der Waals surface area contributed by atoms with Gasteiger partial charge in [-0.05, 0) is 42.8 Å². The van der Waals surface area contributed by atoms with Crippen molar-refractivity contribution in [3.63, 3.8) is 0 Å². The fourth-order valence-electron chi connectivity index (χ4n) is 2.79. The minimum atomic E-state index is -0.126. The molecule has 2 rings (SSSR count). The molecular formula is C15H25NO3S. The number of nitrogens with zero attached hydrogens (tertiary/aromatic N) is 1. The van der Waals surface area contributed by atoms with Crippen LogP contribution in [0.25, 0.3) is 0 Å². The molecule has 1 unspecified atom stereocenters. The average Bonchev–Trinajstić information content (AvgIpc) is 3.18. The summed E-state index contributed by atoms with van der Waals surface area (Å²) in [5.41, 5.74) is 0.118. The lowest BCUT2D eigenvalue weighted by Crippen LogP contribution is -2.40. The van der Waals surface area contributed by atoms with Crippen LogP contribution >= 0.6 is 11.8 Å². The van der Waals surface area contributed by atoms with Gasteiger partial charge in [0.25, 0.3) is 0 Å². The van der Waals surface area contributed by atoms with E-state index in [2.05, 4.69) is 6.92 Å². The number of thioether (sulfide) groups is 1. The van der Waals surface area contributed by atoms with Crippen molar-refractivity contribution in [3.8, 4) is 0 Å². The smallest absolute Gasteiger partial charge is 0.306 e. The summed E-state index contributed by atoms with van der Waals surface area (Å²) in [6, 6.07) is 0. The molecule has 114 valence electrons.